The van der Waals surface area contributed by atoms with Crippen molar-refractivity contribution in [3.63, 3.8) is 0 Å². The first-order valence-corrected chi connectivity index (χ1v) is 9.09. The van der Waals surface area contributed by atoms with E-state index in [2.05, 4.69) is 25.1 Å². The molecule has 0 unspecified atom stereocenters. The molecule has 0 fully saturated rings. The Hall–Kier alpha value is -1.66. The number of alkyl halides is 3. The Labute approximate surface area is 157 Å². The number of pyridine rings is 2. The third kappa shape index (κ3) is 3.58. The molecular formula is C13H8BrClF4N2O4S. The Morgan fingerprint density at radius 2 is 1.88 bits per heavy atom. The lowest BCUT2D eigenvalue weighted by atomic mass is 10.2. The fraction of sp³-hybridized carbons (Fsp3) is 0.231. The first-order chi connectivity index (χ1) is 11.8. The second kappa shape index (κ2) is 6.82. The summed E-state index contributed by atoms with van der Waals surface area (Å²) >= 11 is 8.54. The van der Waals surface area contributed by atoms with Crippen molar-refractivity contribution in [3.05, 3.63) is 49.3 Å². The molecule has 0 aliphatic rings. The molecule has 0 amide bonds. The van der Waals surface area contributed by atoms with Gasteiger partial charge in [-0.25, -0.2) is 9.37 Å². The lowest BCUT2D eigenvalue weighted by Crippen LogP contribution is -2.30. The molecule has 142 valence electrons. The summed E-state index contributed by atoms with van der Waals surface area (Å²) in [5, 5.41) is -0.963. The van der Waals surface area contributed by atoms with E-state index >= 15 is 0 Å². The molecule has 0 saturated carbocycles. The number of nitrogens with zero attached hydrogens (tertiary/aromatic N) is 2. The molecule has 0 saturated heterocycles. The van der Waals surface area contributed by atoms with Crippen LogP contribution in [0, 0.1) is 19.7 Å². The van der Waals surface area contributed by atoms with Crippen molar-refractivity contribution in [2.45, 2.75) is 19.4 Å². The van der Waals surface area contributed by atoms with Gasteiger partial charge in [0.2, 0.25) is 0 Å². The Morgan fingerprint density at radius 3 is 2.42 bits per heavy atom. The van der Waals surface area contributed by atoms with E-state index in [9.17, 15) is 30.8 Å². The average Bonchev–Trinajstić information content (AvgIpc) is 2.50. The third-order valence-electron chi connectivity index (χ3n) is 3.14. The highest BCUT2D eigenvalue weighted by molar-refractivity contribution is 9.10. The zero-order chi connectivity index (χ0) is 20.0. The van der Waals surface area contributed by atoms with Gasteiger partial charge in [0.15, 0.2) is 11.6 Å². The quantitative estimate of drug-likeness (QED) is 0.291. The number of hydrogen-bond acceptors (Lipinski definition) is 5. The largest absolute Gasteiger partial charge is 0.534 e. The van der Waals surface area contributed by atoms with Gasteiger partial charge in [-0.1, -0.05) is 11.6 Å². The number of hydrogen-bond donors (Lipinski definition) is 0. The first-order valence-electron chi connectivity index (χ1n) is 6.51. The molecule has 0 aromatic carbocycles. The summed E-state index contributed by atoms with van der Waals surface area (Å²) in [6.07, 6.45) is 1.25. The van der Waals surface area contributed by atoms with Gasteiger partial charge < -0.3 is 4.18 Å². The summed E-state index contributed by atoms with van der Waals surface area (Å²) in [5.74, 6) is -1.93. The van der Waals surface area contributed by atoms with Crippen LogP contribution < -0.4 is 9.74 Å². The van der Waals surface area contributed by atoms with Crippen LogP contribution in [-0.2, 0) is 10.1 Å². The average molecular weight is 480 g/mol. The second-order valence-corrected chi connectivity index (χ2v) is 7.65. The van der Waals surface area contributed by atoms with Crippen LogP contribution in [0.25, 0.3) is 5.69 Å². The van der Waals surface area contributed by atoms with Gasteiger partial charge in [-0.3, -0.25) is 9.36 Å². The predicted molar refractivity (Wildman–Crippen MR) is 87.6 cm³/mol. The Bertz CT molecular complexity index is 1050. The molecule has 0 atom stereocenters. The molecule has 2 rings (SSSR count). The summed E-state index contributed by atoms with van der Waals surface area (Å²) in [6.45, 7) is 2.67. The minimum Gasteiger partial charge on any atom is -0.374 e. The predicted octanol–water partition coefficient (Wildman–Crippen LogP) is 3.63. The van der Waals surface area contributed by atoms with E-state index in [4.69, 9.17) is 11.6 Å². The molecule has 0 N–H and O–H groups in total. The lowest BCUT2D eigenvalue weighted by molar-refractivity contribution is -0.0500. The van der Waals surface area contributed by atoms with E-state index in [1.54, 1.807) is 0 Å². The van der Waals surface area contributed by atoms with Crippen molar-refractivity contribution in [1.82, 2.24) is 9.55 Å². The van der Waals surface area contributed by atoms with Crippen molar-refractivity contribution in [1.29, 1.82) is 0 Å². The van der Waals surface area contributed by atoms with E-state index in [0.717, 1.165) is 10.6 Å². The van der Waals surface area contributed by atoms with E-state index in [1.165, 1.54) is 20.0 Å². The standard InChI is InChI=1S/C13H8BrClF4N2O4S/c1-5-4-20-11(14)9(16)10(5)21-6(2)3-7(8(15)12(21)22)25-26(23,24)13(17,18)19/h3-4H,1-2H3. The number of aryl methyl sites for hydroxylation is 2. The van der Waals surface area contributed by atoms with Gasteiger partial charge in [0.25, 0.3) is 5.56 Å². The van der Waals surface area contributed by atoms with Crippen molar-refractivity contribution in [2.24, 2.45) is 0 Å². The summed E-state index contributed by atoms with van der Waals surface area (Å²) < 4.78 is 78.4. The van der Waals surface area contributed by atoms with E-state index in [-0.39, 0.29) is 21.5 Å². The van der Waals surface area contributed by atoms with Crippen LogP contribution in [0.2, 0.25) is 5.02 Å². The molecule has 2 aromatic rings. The molecule has 2 aromatic heterocycles. The highest BCUT2D eigenvalue weighted by atomic mass is 79.9. The molecule has 13 heteroatoms. The second-order valence-electron chi connectivity index (χ2n) is 4.98. The maximum absolute atomic E-state index is 14.4. The molecule has 0 aliphatic heterocycles. The van der Waals surface area contributed by atoms with Crippen molar-refractivity contribution >= 4 is 37.6 Å². The summed E-state index contributed by atoms with van der Waals surface area (Å²) in [4.78, 5) is 16.1. The van der Waals surface area contributed by atoms with E-state index in [1.807, 2.05) is 0 Å². The fourth-order valence-corrected chi connectivity index (χ4v) is 2.98. The maximum atomic E-state index is 14.4. The normalized spacial score (nSPS) is 12.3. The van der Waals surface area contributed by atoms with Crippen LogP contribution in [0.4, 0.5) is 17.6 Å². The van der Waals surface area contributed by atoms with Gasteiger partial charge in [-0.05, 0) is 35.3 Å². The van der Waals surface area contributed by atoms with Crippen LogP contribution in [0.1, 0.15) is 11.3 Å². The molecule has 26 heavy (non-hydrogen) atoms. The van der Waals surface area contributed by atoms with Gasteiger partial charge >= 0.3 is 15.6 Å². The highest BCUT2D eigenvalue weighted by Crippen LogP contribution is 2.32. The van der Waals surface area contributed by atoms with Crippen LogP contribution >= 0.6 is 27.5 Å². The molecule has 0 spiro atoms. The number of halogens is 6. The van der Waals surface area contributed by atoms with Crippen molar-refractivity contribution in [3.8, 4) is 11.4 Å². The van der Waals surface area contributed by atoms with E-state index in [0.29, 0.717) is 0 Å². The van der Waals surface area contributed by atoms with Crippen molar-refractivity contribution in [2.75, 3.05) is 0 Å². The lowest BCUT2D eigenvalue weighted by Gasteiger charge is -2.17. The minimum absolute atomic E-state index is 0.119. The van der Waals surface area contributed by atoms with E-state index < -0.39 is 37.8 Å². The smallest absolute Gasteiger partial charge is 0.374 e. The minimum atomic E-state index is -6.03. The maximum Gasteiger partial charge on any atom is 0.534 e. The van der Waals surface area contributed by atoms with Gasteiger partial charge in [-0.2, -0.15) is 21.6 Å². The fourth-order valence-electron chi connectivity index (χ4n) is 2.00. The summed E-state index contributed by atoms with van der Waals surface area (Å²) in [7, 11) is -6.03. The van der Waals surface area contributed by atoms with Gasteiger partial charge in [0.1, 0.15) is 9.63 Å². The highest BCUT2D eigenvalue weighted by Gasteiger charge is 2.49. The molecule has 0 bridgehead atoms. The molecular weight excluding hydrogens is 472 g/mol. The first kappa shape index (κ1) is 20.6. The molecule has 2 heterocycles. The zero-order valence-corrected chi connectivity index (χ0v) is 16.0. The SMILES string of the molecule is Cc1cnc(Br)c(F)c1-n1c(C)cc(OS(=O)(=O)C(F)(F)F)c(Cl)c1=O. The molecule has 6 nitrogen and oxygen atoms in total. The Balaban J connectivity index is 2.72. The summed E-state index contributed by atoms with van der Waals surface area (Å²) in [5.41, 5.74) is -7.02. The Morgan fingerprint density at radius 1 is 1.31 bits per heavy atom. The van der Waals surface area contributed by atoms with Crippen molar-refractivity contribution < 1.29 is 30.2 Å². The van der Waals surface area contributed by atoms with Crippen LogP contribution in [0.15, 0.2) is 21.7 Å². The van der Waals surface area contributed by atoms with Gasteiger partial charge in [0, 0.05) is 18.0 Å². The van der Waals surface area contributed by atoms with Gasteiger partial charge in [0.05, 0.1) is 5.69 Å². The van der Waals surface area contributed by atoms with Crippen LogP contribution in [0.5, 0.6) is 5.75 Å². The number of aromatic nitrogens is 2. The Kier molecular flexibility index (Phi) is 5.41. The van der Waals surface area contributed by atoms with Crippen LogP contribution in [-0.4, -0.2) is 23.5 Å². The number of rotatable bonds is 3. The van der Waals surface area contributed by atoms with Gasteiger partial charge in [-0.15, -0.1) is 0 Å². The van der Waals surface area contributed by atoms with Crippen LogP contribution in [0.3, 0.4) is 0 Å². The topological polar surface area (TPSA) is 78.3 Å². The molecule has 0 radical (unpaired) electrons. The third-order valence-corrected chi connectivity index (χ3v) is 5.01. The summed E-state index contributed by atoms with van der Waals surface area (Å²) in [6, 6.07) is 0.778. The molecule has 0 aliphatic carbocycles. The monoisotopic (exact) mass is 478 g/mol. The zero-order valence-electron chi connectivity index (χ0n) is 12.9.